The quantitative estimate of drug-likeness (QED) is 0.161. The van der Waals surface area contributed by atoms with Crippen LogP contribution in [-0.2, 0) is 39.6 Å². The van der Waals surface area contributed by atoms with Crippen LogP contribution in [0.1, 0.15) is 47.1 Å². The van der Waals surface area contributed by atoms with Gasteiger partial charge < -0.3 is 29.7 Å². The van der Waals surface area contributed by atoms with Gasteiger partial charge in [0, 0.05) is 13.1 Å². The number of alkyl carbamates (subject to hydrolysis) is 1. The molecule has 230 valence electrons. The summed E-state index contributed by atoms with van der Waals surface area (Å²) < 4.78 is 28.3. The van der Waals surface area contributed by atoms with Crippen molar-refractivity contribution in [1.82, 2.24) is 10.6 Å². The van der Waals surface area contributed by atoms with Gasteiger partial charge in [-0.15, -0.1) is 0 Å². The van der Waals surface area contributed by atoms with E-state index in [2.05, 4.69) is 10.6 Å². The lowest BCUT2D eigenvalue weighted by Crippen LogP contribution is -2.44. The summed E-state index contributed by atoms with van der Waals surface area (Å²) in [6.45, 7) is 9.15. The molecule has 11 nitrogen and oxygen atoms in total. The van der Waals surface area contributed by atoms with Crippen LogP contribution >= 0.6 is 7.37 Å². The zero-order chi connectivity index (χ0) is 31.4. The molecule has 0 heterocycles. The van der Waals surface area contributed by atoms with Gasteiger partial charge in [-0.1, -0.05) is 68.4 Å². The Balaban J connectivity index is 2.17. The fourth-order valence-corrected chi connectivity index (χ4v) is 5.45. The number of carbonyl (C=O) groups excluding carboxylic acids is 4. The van der Waals surface area contributed by atoms with Gasteiger partial charge in [-0.25, -0.2) is 9.59 Å². The summed E-state index contributed by atoms with van der Waals surface area (Å²) in [5.41, 5.74) is 2.72. The van der Waals surface area contributed by atoms with Crippen molar-refractivity contribution in [3.05, 3.63) is 60.2 Å². The maximum Gasteiger partial charge on any atom is 0.410 e. The Labute approximate surface area is 246 Å². The van der Waals surface area contributed by atoms with E-state index >= 15 is 0 Å². The van der Waals surface area contributed by atoms with Crippen LogP contribution in [0.15, 0.2) is 54.6 Å². The SMILES string of the molecule is CCOC(=O)[C@H](C)NC(=O)[C@H](Cc1ccc(-c2ccccc2)cc1)CP(=O)(O)[C@H](C)NC(=O)OC(C)OC(=O)C(C)C. The Kier molecular flexibility index (Phi) is 13.2. The molecule has 2 aromatic rings. The van der Waals surface area contributed by atoms with Gasteiger partial charge in [-0.3, -0.25) is 14.2 Å². The number of ether oxygens (including phenoxy) is 3. The minimum atomic E-state index is -4.20. The third-order valence-corrected chi connectivity index (χ3v) is 8.66. The summed E-state index contributed by atoms with van der Waals surface area (Å²) in [5, 5.41) is 4.86. The minimum absolute atomic E-state index is 0.0976. The fraction of sp³-hybridized carbons (Fsp3) is 0.467. The Bertz CT molecular complexity index is 1250. The molecule has 5 atom stereocenters. The molecule has 12 heteroatoms. The summed E-state index contributed by atoms with van der Waals surface area (Å²) in [6.07, 6.45) is -2.67. The van der Waals surface area contributed by atoms with E-state index < -0.39 is 67.4 Å². The number of nitrogens with one attached hydrogen (secondary N) is 2. The largest absolute Gasteiger partial charge is 0.464 e. The highest BCUT2D eigenvalue weighted by Crippen LogP contribution is 2.47. The summed E-state index contributed by atoms with van der Waals surface area (Å²) in [7, 11) is -4.20. The molecular weight excluding hydrogens is 563 g/mol. The highest BCUT2D eigenvalue weighted by atomic mass is 31.2. The van der Waals surface area contributed by atoms with Crippen LogP contribution in [0.5, 0.6) is 0 Å². The van der Waals surface area contributed by atoms with Gasteiger partial charge in [0.15, 0.2) is 0 Å². The molecule has 2 rings (SSSR count). The van der Waals surface area contributed by atoms with E-state index in [0.29, 0.717) is 0 Å². The number of hydrogen-bond donors (Lipinski definition) is 3. The van der Waals surface area contributed by atoms with E-state index in [1.165, 1.54) is 20.8 Å². The van der Waals surface area contributed by atoms with E-state index in [1.54, 1.807) is 20.8 Å². The van der Waals surface area contributed by atoms with E-state index in [0.717, 1.165) is 16.7 Å². The van der Waals surface area contributed by atoms with Gasteiger partial charge in [0.2, 0.25) is 19.6 Å². The van der Waals surface area contributed by atoms with Gasteiger partial charge in [0.05, 0.1) is 18.4 Å². The van der Waals surface area contributed by atoms with Crippen LogP contribution in [0.4, 0.5) is 4.79 Å². The average Bonchev–Trinajstić information content (AvgIpc) is 2.93. The molecule has 2 aromatic carbocycles. The van der Waals surface area contributed by atoms with Crippen molar-refractivity contribution < 1.29 is 42.8 Å². The Morgan fingerprint density at radius 1 is 0.833 bits per heavy atom. The lowest BCUT2D eigenvalue weighted by atomic mass is 9.97. The van der Waals surface area contributed by atoms with Crippen molar-refractivity contribution in [2.45, 2.75) is 66.1 Å². The van der Waals surface area contributed by atoms with Crippen LogP contribution in [0, 0.1) is 11.8 Å². The molecular formula is C30H41N2O9P. The maximum atomic E-state index is 13.4. The van der Waals surface area contributed by atoms with Crippen LogP contribution in [0.3, 0.4) is 0 Å². The van der Waals surface area contributed by atoms with E-state index in [9.17, 15) is 28.6 Å². The molecule has 0 saturated heterocycles. The van der Waals surface area contributed by atoms with Gasteiger partial charge in [-0.2, -0.15) is 0 Å². The van der Waals surface area contributed by atoms with Crippen molar-refractivity contribution in [3.63, 3.8) is 0 Å². The van der Waals surface area contributed by atoms with Crippen LogP contribution in [0.2, 0.25) is 0 Å². The first kappa shape index (κ1) is 34.5. The number of esters is 2. The van der Waals surface area contributed by atoms with Crippen molar-refractivity contribution in [3.8, 4) is 11.1 Å². The van der Waals surface area contributed by atoms with E-state index in [4.69, 9.17) is 14.2 Å². The Hall–Kier alpha value is -3.69. The summed E-state index contributed by atoms with van der Waals surface area (Å²) in [4.78, 5) is 60.3. The first-order valence-electron chi connectivity index (χ1n) is 13.8. The Morgan fingerprint density at radius 3 is 2.00 bits per heavy atom. The highest BCUT2D eigenvalue weighted by Gasteiger charge is 2.36. The van der Waals surface area contributed by atoms with Gasteiger partial charge in [0.1, 0.15) is 11.8 Å². The van der Waals surface area contributed by atoms with Gasteiger partial charge in [0.25, 0.3) is 0 Å². The van der Waals surface area contributed by atoms with E-state index in [1.807, 2.05) is 54.6 Å². The predicted octanol–water partition coefficient (Wildman–Crippen LogP) is 4.47. The third-order valence-electron chi connectivity index (χ3n) is 6.35. The van der Waals surface area contributed by atoms with Crippen molar-refractivity contribution in [1.29, 1.82) is 0 Å². The molecule has 0 aliphatic carbocycles. The smallest absolute Gasteiger partial charge is 0.410 e. The molecule has 0 fully saturated rings. The van der Waals surface area contributed by atoms with Crippen LogP contribution in [-0.4, -0.2) is 59.7 Å². The number of hydrogen-bond acceptors (Lipinski definition) is 8. The molecule has 42 heavy (non-hydrogen) atoms. The van der Waals surface area contributed by atoms with Crippen molar-refractivity contribution in [2.24, 2.45) is 11.8 Å². The summed E-state index contributed by atoms with van der Waals surface area (Å²) in [5.74, 6) is -4.56. The summed E-state index contributed by atoms with van der Waals surface area (Å²) in [6, 6.07) is 16.2. The number of rotatable bonds is 14. The fourth-order valence-electron chi connectivity index (χ4n) is 3.90. The molecule has 0 saturated carbocycles. The molecule has 0 aliphatic rings. The third kappa shape index (κ3) is 10.9. The second-order valence-corrected chi connectivity index (χ2v) is 12.9. The standard InChI is InChI=1S/C30H41N2O9P/c1-7-39-29(35)20(4)31-27(33)26(17-23-13-15-25(16-14-23)24-11-9-8-10-12-24)18-42(37,38)21(5)32-30(36)41-22(6)40-28(34)19(2)3/h8-16,19-22,26H,7,17-18H2,1-6H3,(H,31,33)(H,32,36)(H,37,38)/t20-,21+,22?,26+/m0/s1. The topological polar surface area (TPSA) is 157 Å². The predicted molar refractivity (Wildman–Crippen MR) is 157 cm³/mol. The molecule has 0 aromatic heterocycles. The highest BCUT2D eigenvalue weighted by molar-refractivity contribution is 7.58. The number of benzene rings is 2. The molecule has 3 N–H and O–H groups in total. The second kappa shape index (κ2) is 16.1. The average molecular weight is 605 g/mol. The first-order chi connectivity index (χ1) is 19.7. The lowest BCUT2D eigenvalue weighted by Gasteiger charge is -2.26. The normalized spacial score (nSPS) is 15.3. The van der Waals surface area contributed by atoms with Crippen LogP contribution in [0.25, 0.3) is 11.1 Å². The maximum absolute atomic E-state index is 13.4. The van der Waals surface area contributed by atoms with Crippen molar-refractivity contribution in [2.75, 3.05) is 12.8 Å². The minimum Gasteiger partial charge on any atom is -0.464 e. The first-order valence-corrected chi connectivity index (χ1v) is 15.7. The Morgan fingerprint density at radius 2 is 1.43 bits per heavy atom. The summed E-state index contributed by atoms with van der Waals surface area (Å²) >= 11 is 0. The zero-order valence-corrected chi connectivity index (χ0v) is 25.8. The molecule has 2 unspecified atom stereocenters. The van der Waals surface area contributed by atoms with Gasteiger partial charge in [-0.05, 0) is 43.9 Å². The second-order valence-electron chi connectivity index (χ2n) is 10.3. The lowest BCUT2D eigenvalue weighted by molar-refractivity contribution is -0.168. The van der Waals surface area contributed by atoms with E-state index in [-0.39, 0.29) is 13.0 Å². The molecule has 0 spiro atoms. The number of amides is 2. The zero-order valence-electron chi connectivity index (χ0n) is 24.9. The van der Waals surface area contributed by atoms with Crippen molar-refractivity contribution >= 4 is 31.3 Å². The molecule has 0 radical (unpaired) electrons. The molecule has 0 aliphatic heterocycles. The number of carbonyl (C=O) groups is 4. The molecule has 2 amide bonds. The molecule has 0 bridgehead atoms. The van der Waals surface area contributed by atoms with Gasteiger partial charge >= 0.3 is 18.0 Å². The monoisotopic (exact) mass is 604 g/mol. The van der Waals surface area contributed by atoms with Crippen LogP contribution < -0.4 is 10.6 Å².